The van der Waals surface area contributed by atoms with Gasteiger partial charge in [0.05, 0.1) is 5.75 Å². The van der Waals surface area contributed by atoms with Crippen molar-refractivity contribution in [3.63, 3.8) is 0 Å². The number of anilines is 4. The second-order valence-corrected chi connectivity index (χ2v) is 8.53. The second kappa shape index (κ2) is 11.3. The van der Waals surface area contributed by atoms with Crippen LogP contribution < -0.4 is 21.3 Å². The average molecular weight is 465 g/mol. The fraction of sp³-hybridized carbons (Fsp3) is 0.125. The van der Waals surface area contributed by atoms with Gasteiger partial charge in [-0.2, -0.15) is 0 Å². The van der Waals surface area contributed by atoms with Crippen LogP contribution >= 0.6 is 24.0 Å². The predicted octanol–water partition coefficient (Wildman–Crippen LogP) is 5.49. The lowest BCUT2D eigenvalue weighted by atomic mass is 10.2. The Morgan fingerprint density at radius 3 is 2.00 bits per heavy atom. The number of aryl methyl sites for hydroxylation is 1. The minimum absolute atomic E-state index is 0.114. The molecule has 3 aromatic rings. The molecule has 0 aliphatic rings. The van der Waals surface area contributed by atoms with Gasteiger partial charge in [-0.05, 0) is 73.7 Å². The van der Waals surface area contributed by atoms with E-state index >= 15 is 0 Å². The van der Waals surface area contributed by atoms with Crippen molar-refractivity contribution < 1.29 is 9.59 Å². The van der Waals surface area contributed by atoms with Crippen LogP contribution in [0.3, 0.4) is 0 Å². The molecule has 0 saturated heterocycles. The van der Waals surface area contributed by atoms with Gasteiger partial charge in [0, 0.05) is 34.6 Å². The molecule has 0 saturated carbocycles. The summed E-state index contributed by atoms with van der Waals surface area (Å²) in [6.07, 6.45) is 0. The van der Waals surface area contributed by atoms with E-state index in [-0.39, 0.29) is 17.6 Å². The summed E-state index contributed by atoms with van der Waals surface area (Å²) in [5.74, 6) is 0.0157. The SMILES string of the molecule is CC(=O)Nc1ccc(NC(=O)CSc2cccc(NC(=S)Nc3ccc(C)cc3)c2)cc1. The first-order valence-corrected chi connectivity index (χ1v) is 11.3. The van der Waals surface area contributed by atoms with E-state index in [1.807, 2.05) is 55.5 Å². The van der Waals surface area contributed by atoms with E-state index in [0.29, 0.717) is 16.5 Å². The Morgan fingerprint density at radius 1 is 0.781 bits per heavy atom. The number of amides is 2. The standard InChI is InChI=1S/C24H24N4O2S2/c1-16-6-8-20(9-7-16)27-24(31)28-21-4-3-5-22(14-21)32-15-23(30)26-19-12-10-18(11-13-19)25-17(2)29/h3-14H,15H2,1-2H3,(H,25,29)(H,26,30)(H2,27,28,31). The molecule has 0 radical (unpaired) electrons. The molecule has 0 aromatic heterocycles. The van der Waals surface area contributed by atoms with E-state index in [4.69, 9.17) is 12.2 Å². The van der Waals surface area contributed by atoms with Crippen LogP contribution in [0.1, 0.15) is 12.5 Å². The fourth-order valence-electron chi connectivity index (χ4n) is 2.78. The Labute approximate surface area is 197 Å². The molecule has 3 rings (SSSR count). The minimum Gasteiger partial charge on any atom is -0.332 e. The number of carbonyl (C=O) groups is 2. The molecule has 0 heterocycles. The van der Waals surface area contributed by atoms with Gasteiger partial charge in [0.15, 0.2) is 5.11 Å². The maximum Gasteiger partial charge on any atom is 0.234 e. The van der Waals surface area contributed by atoms with E-state index < -0.39 is 0 Å². The highest BCUT2D eigenvalue weighted by atomic mass is 32.2. The summed E-state index contributed by atoms with van der Waals surface area (Å²) in [6.45, 7) is 3.49. The smallest absolute Gasteiger partial charge is 0.234 e. The summed E-state index contributed by atoms with van der Waals surface area (Å²) in [5.41, 5.74) is 4.30. The molecule has 2 amide bonds. The first-order valence-electron chi connectivity index (χ1n) is 9.92. The van der Waals surface area contributed by atoms with Crippen molar-refractivity contribution in [1.29, 1.82) is 0 Å². The highest BCUT2D eigenvalue weighted by molar-refractivity contribution is 8.00. The van der Waals surface area contributed by atoms with Crippen molar-refractivity contribution in [3.8, 4) is 0 Å². The van der Waals surface area contributed by atoms with Crippen LogP contribution in [0.4, 0.5) is 22.7 Å². The van der Waals surface area contributed by atoms with Gasteiger partial charge in [0.2, 0.25) is 11.8 Å². The van der Waals surface area contributed by atoms with Gasteiger partial charge in [0.25, 0.3) is 0 Å². The number of carbonyl (C=O) groups excluding carboxylic acids is 2. The van der Waals surface area contributed by atoms with Gasteiger partial charge in [0.1, 0.15) is 0 Å². The van der Waals surface area contributed by atoms with Crippen LogP contribution in [0.15, 0.2) is 77.7 Å². The topological polar surface area (TPSA) is 82.3 Å². The highest BCUT2D eigenvalue weighted by Gasteiger charge is 2.06. The van der Waals surface area contributed by atoms with Crippen molar-refractivity contribution in [1.82, 2.24) is 0 Å². The lowest BCUT2D eigenvalue weighted by molar-refractivity contribution is -0.114. The number of hydrogen-bond acceptors (Lipinski definition) is 4. The molecule has 0 bridgehead atoms. The molecule has 0 fully saturated rings. The fourth-order valence-corrected chi connectivity index (χ4v) is 3.77. The molecule has 3 aromatic carbocycles. The van der Waals surface area contributed by atoms with Crippen LogP contribution in [0.25, 0.3) is 0 Å². The van der Waals surface area contributed by atoms with Crippen molar-refractivity contribution in [2.75, 3.05) is 27.0 Å². The van der Waals surface area contributed by atoms with Gasteiger partial charge in [-0.3, -0.25) is 9.59 Å². The van der Waals surface area contributed by atoms with Gasteiger partial charge in [-0.15, -0.1) is 11.8 Å². The van der Waals surface area contributed by atoms with Crippen LogP contribution in [0.2, 0.25) is 0 Å². The maximum absolute atomic E-state index is 12.3. The molecule has 0 atom stereocenters. The zero-order valence-corrected chi connectivity index (χ0v) is 19.4. The normalized spacial score (nSPS) is 10.2. The van der Waals surface area contributed by atoms with E-state index in [1.165, 1.54) is 24.2 Å². The van der Waals surface area contributed by atoms with Crippen LogP contribution in [-0.2, 0) is 9.59 Å². The average Bonchev–Trinajstić information content (AvgIpc) is 2.75. The number of nitrogens with one attached hydrogen (secondary N) is 4. The first kappa shape index (κ1) is 23.3. The Bertz CT molecular complexity index is 1100. The minimum atomic E-state index is -0.137. The van der Waals surface area contributed by atoms with Crippen LogP contribution in [0.5, 0.6) is 0 Å². The van der Waals surface area contributed by atoms with E-state index in [0.717, 1.165) is 16.3 Å². The van der Waals surface area contributed by atoms with Crippen LogP contribution in [-0.4, -0.2) is 22.7 Å². The number of thioether (sulfide) groups is 1. The molecule has 6 nitrogen and oxygen atoms in total. The van der Waals surface area contributed by atoms with Crippen molar-refractivity contribution in [3.05, 3.63) is 78.4 Å². The summed E-state index contributed by atoms with van der Waals surface area (Å²) >= 11 is 6.82. The summed E-state index contributed by atoms with van der Waals surface area (Å²) in [6, 6.07) is 22.7. The number of hydrogen-bond donors (Lipinski definition) is 4. The third kappa shape index (κ3) is 7.72. The van der Waals surface area contributed by atoms with Gasteiger partial charge >= 0.3 is 0 Å². The van der Waals surface area contributed by atoms with Gasteiger partial charge < -0.3 is 21.3 Å². The lowest BCUT2D eigenvalue weighted by Gasteiger charge is -2.12. The van der Waals surface area contributed by atoms with Crippen molar-refractivity contribution in [2.24, 2.45) is 0 Å². The molecule has 4 N–H and O–H groups in total. The molecular weight excluding hydrogens is 440 g/mol. The third-order valence-corrected chi connectivity index (χ3v) is 5.46. The molecule has 8 heteroatoms. The summed E-state index contributed by atoms with van der Waals surface area (Å²) < 4.78 is 0. The number of benzene rings is 3. The Morgan fingerprint density at radius 2 is 1.34 bits per heavy atom. The molecule has 0 spiro atoms. The maximum atomic E-state index is 12.3. The predicted molar refractivity (Wildman–Crippen MR) is 138 cm³/mol. The molecule has 0 aliphatic heterocycles. The third-order valence-electron chi connectivity index (χ3n) is 4.26. The second-order valence-electron chi connectivity index (χ2n) is 7.07. The summed E-state index contributed by atoms with van der Waals surface area (Å²) in [5, 5.41) is 12.4. The van der Waals surface area contributed by atoms with E-state index in [2.05, 4.69) is 21.3 Å². The van der Waals surface area contributed by atoms with Crippen molar-refractivity contribution >= 4 is 63.7 Å². The van der Waals surface area contributed by atoms with Crippen molar-refractivity contribution in [2.45, 2.75) is 18.7 Å². The summed E-state index contributed by atoms with van der Waals surface area (Å²) in [7, 11) is 0. The lowest BCUT2D eigenvalue weighted by Crippen LogP contribution is -2.19. The number of thiocarbonyl (C=S) groups is 1. The zero-order chi connectivity index (χ0) is 22.9. The molecule has 0 unspecified atom stereocenters. The van der Waals surface area contributed by atoms with E-state index in [1.54, 1.807) is 24.3 Å². The molecule has 0 aliphatic carbocycles. The zero-order valence-electron chi connectivity index (χ0n) is 17.8. The first-order chi connectivity index (χ1) is 15.4. The van der Waals surface area contributed by atoms with Crippen LogP contribution in [0, 0.1) is 6.92 Å². The number of rotatable bonds is 7. The molecule has 164 valence electrons. The highest BCUT2D eigenvalue weighted by Crippen LogP contribution is 2.22. The quantitative estimate of drug-likeness (QED) is 0.273. The molecule has 32 heavy (non-hydrogen) atoms. The van der Waals surface area contributed by atoms with Gasteiger partial charge in [-0.1, -0.05) is 23.8 Å². The molecular formula is C24H24N4O2S2. The Kier molecular flexibility index (Phi) is 8.24. The van der Waals surface area contributed by atoms with Gasteiger partial charge in [-0.25, -0.2) is 0 Å². The summed E-state index contributed by atoms with van der Waals surface area (Å²) in [4.78, 5) is 24.3. The largest absolute Gasteiger partial charge is 0.332 e. The monoisotopic (exact) mass is 464 g/mol. The van der Waals surface area contributed by atoms with E-state index in [9.17, 15) is 9.59 Å². The Balaban J connectivity index is 1.48. The Hall–Kier alpha value is -3.36.